The Balaban J connectivity index is 1.73. The molecule has 0 bridgehead atoms. The van der Waals surface area contributed by atoms with Gasteiger partial charge >= 0.3 is 0 Å². The van der Waals surface area contributed by atoms with E-state index in [1.165, 1.54) is 0 Å². The van der Waals surface area contributed by atoms with E-state index in [0.717, 1.165) is 23.2 Å². The van der Waals surface area contributed by atoms with Crippen LogP contribution in [0.15, 0.2) is 60.9 Å². The van der Waals surface area contributed by atoms with Crippen molar-refractivity contribution in [1.82, 2.24) is 20.5 Å². The molecule has 144 valence electrons. The molecule has 0 aliphatic heterocycles. The molecule has 2 aromatic heterocycles. The Labute approximate surface area is 165 Å². The molecule has 3 aromatic rings. The van der Waals surface area contributed by atoms with Gasteiger partial charge in [0.2, 0.25) is 5.88 Å². The van der Waals surface area contributed by atoms with E-state index in [-0.39, 0.29) is 11.9 Å². The van der Waals surface area contributed by atoms with Crippen molar-refractivity contribution in [1.29, 1.82) is 0 Å². The van der Waals surface area contributed by atoms with Crippen molar-refractivity contribution in [2.24, 2.45) is 5.92 Å². The predicted molar refractivity (Wildman–Crippen MR) is 108 cm³/mol. The Morgan fingerprint density at radius 2 is 1.86 bits per heavy atom. The minimum atomic E-state index is -0.109. The number of rotatable bonds is 7. The molecule has 1 unspecified atom stereocenters. The van der Waals surface area contributed by atoms with Crippen LogP contribution in [-0.2, 0) is 0 Å². The number of carbonyl (C=O) groups excluding carboxylic acids is 1. The molecule has 1 N–H and O–H groups in total. The number of nitrogens with zero attached hydrogens (tertiary/aromatic N) is 3. The lowest BCUT2D eigenvalue weighted by Gasteiger charge is -2.21. The predicted octanol–water partition coefficient (Wildman–Crippen LogP) is 4.06. The smallest absolute Gasteiger partial charge is 0.251 e. The standard InChI is InChI=1S/C22H24N4O2/c1-15(2)13-20(18-5-4-12-23-14-18)24-22(27)17-8-6-16(7-9-17)19-10-11-21(28-3)26-25-19/h4-12,14-15,20H,13H2,1-3H3,(H,24,27). The van der Waals surface area contributed by atoms with Crippen molar-refractivity contribution < 1.29 is 9.53 Å². The fourth-order valence-electron chi connectivity index (χ4n) is 2.95. The number of nitrogens with one attached hydrogen (secondary N) is 1. The summed E-state index contributed by atoms with van der Waals surface area (Å²) in [5.41, 5.74) is 3.22. The molecule has 0 spiro atoms. The van der Waals surface area contributed by atoms with Gasteiger partial charge in [0.05, 0.1) is 18.8 Å². The van der Waals surface area contributed by atoms with E-state index < -0.39 is 0 Å². The molecule has 0 saturated heterocycles. The van der Waals surface area contributed by atoms with Crippen molar-refractivity contribution in [2.75, 3.05) is 7.11 Å². The van der Waals surface area contributed by atoms with E-state index in [1.54, 1.807) is 37.7 Å². The third kappa shape index (κ3) is 4.91. The summed E-state index contributed by atoms with van der Waals surface area (Å²) in [4.78, 5) is 16.9. The van der Waals surface area contributed by atoms with Crippen LogP contribution in [0.4, 0.5) is 0 Å². The highest BCUT2D eigenvalue weighted by Crippen LogP contribution is 2.22. The normalized spacial score (nSPS) is 11.9. The van der Waals surface area contributed by atoms with Gasteiger partial charge in [-0.2, -0.15) is 0 Å². The van der Waals surface area contributed by atoms with Crippen LogP contribution < -0.4 is 10.1 Å². The second-order valence-corrected chi connectivity index (χ2v) is 6.98. The first-order valence-corrected chi connectivity index (χ1v) is 9.25. The molecule has 1 atom stereocenters. The molecular formula is C22H24N4O2. The fraction of sp³-hybridized carbons (Fsp3) is 0.273. The number of carbonyl (C=O) groups is 1. The highest BCUT2D eigenvalue weighted by atomic mass is 16.5. The third-order valence-electron chi connectivity index (χ3n) is 4.39. The van der Waals surface area contributed by atoms with Crippen molar-refractivity contribution in [2.45, 2.75) is 26.3 Å². The molecule has 3 rings (SSSR count). The quantitative estimate of drug-likeness (QED) is 0.673. The van der Waals surface area contributed by atoms with Crippen molar-refractivity contribution >= 4 is 5.91 Å². The van der Waals surface area contributed by atoms with Crippen LogP contribution in [0.25, 0.3) is 11.3 Å². The molecule has 6 nitrogen and oxygen atoms in total. The molecule has 0 radical (unpaired) electrons. The van der Waals surface area contributed by atoms with E-state index in [2.05, 4.69) is 34.3 Å². The molecule has 0 fully saturated rings. The molecule has 0 aliphatic rings. The monoisotopic (exact) mass is 376 g/mol. The van der Waals surface area contributed by atoms with Gasteiger partial charge < -0.3 is 10.1 Å². The topological polar surface area (TPSA) is 77.0 Å². The average Bonchev–Trinajstić information content (AvgIpc) is 2.74. The minimum absolute atomic E-state index is 0.0756. The Bertz CT molecular complexity index is 894. The van der Waals surface area contributed by atoms with Crippen LogP contribution in [-0.4, -0.2) is 28.2 Å². The number of ether oxygens (including phenoxy) is 1. The second kappa shape index (κ2) is 9.08. The maximum atomic E-state index is 12.8. The number of benzene rings is 1. The molecular weight excluding hydrogens is 352 g/mol. The summed E-state index contributed by atoms with van der Waals surface area (Å²) >= 11 is 0. The van der Waals surface area contributed by atoms with Gasteiger partial charge in [0.25, 0.3) is 5.91 Å². The fourth-order valence-corrected chi connectivity index (χ4v) is 2.95. The van der Waals surface area contributed by atoms with E-state index in [1.807, 2.05) is 30.3 Å². The first-order valence-electron chi connectivity index (χ1n) is 9.25. The van der Waals surface area contributed by atoms with Gasteiger partial charge in [-0.05, 0) is 42.2 Å². The molecule has 1 aromatic carbocycles. The van der Waals surface area contributed by atoms with Crippen LogP contribution >= 0.6 is 0 Å². The highest BCUT2D eigenvalue weighted by Gasteiger charge is 2.17. The van der Waals surface area contributed by atoms with Gasteiger partial charge in [0, 0.05) is 29.6 Å². The summed E-state index contributed by atoms with van der Waals surface area (Å²) < 4.78 is 5.03. The summed E-state index contributed by atoms with van der Waals surface area (Å²) in [5, 5.41) is 11.2. The zero-order valence-electron chi connectivity index (χ0n) is 16.3. The Morgan fingerprint density at radius 1 is 1.07 bits per heavy atom. The largest absolute Gasteiger partial charge is 0.480 e. The summed E-state index contributed by atoms with van der Waals surface area (Å²) in [6.45, 7) is 4.28. The number of pyridine rings is 1. The summed E-state index contributed by atoms with van der Waals surface area (Å²) in [7, 11) is 1.55. The minimum Gasteiger partial charge on any atom is -0.480 e. The SMILES string of the molecule is COc1ccc(-c2ccc(C(=O)NC(CC(C)C)c3cccnc3)cc2)nn1. The van der Waals surface area contributed by atoms with Gasteiger partial charge in [0.1, 0.15) is 0 Å². The first kappa shape index (κ1) is 19.5. The number of amides is 1. The maximum absolute atomic E-state index is 12.8. The zero-order chi connectivity index (χ0) is 19.9. The van der Waals surface area contributed by atoms with Crippen LogP contribution in [0.3, 0.4) is 0 Å². The number of hydrogen-bond donors (Lipinski definition) is 1. The second-order valence-electron chi connectivity index (χ2n) is 6.98. The van der Waals surface area contributed by atoms with Gasteiger partial charge in [-0.15, -0.1) is 10.2 Å². The van der Waals surface area contributed by atoms with Crippen LogP contribution in [0.2, 0.25) is 0 Å². The third-order valence-corrected chi connectivity index (χ3v) is 4.39. The average molecular weight is 376 g/mol. The number of aromatic nitrogens is 3. The van der Waals surface area contributed by atoms with Crippen molar-refractivity contribution in [3.63, 3.8) is 0 Å². The van der Waals surface area contributed by atoms with E-state index in [4.69, 9.17) is 4.74 Å². The Morgan fingerprint density at radius 3 is 2.43 bits per heavy atom. The lowest BCUT2D eigenvalue weighted by Crippen LogP contribution is -2.29. The lowest BCUT2D eigenvalue weighted by molar-refractivity contribution is 0.0932. The van der Waals surface area contributed by atoms with Gasteiger partial charge in [-0.1, -0.05) is 32.0 Å². The van der Waals surface area contributed by atoms with Crippen LogP contribution in [0, 0.1) is 5.92 Å². The van der Waals surface area contributed by atoms with E-state index in [9.17, 15) is 4.79 Å². The Hall–Kier alpha value is -3.28. The van der Waals surface area contributed by atoms with Crippen LogP contribution in [0.1, 0.15) is 42.2 Å². The molecule has 6 heteroatoms. The number of methoxy groups -OCH3 is 1. The van der Waals surface area contributed by atoms with Gasteiger partial charge in [-0.3, -0.25) is 9.78 Å². The van der Waals surface area contributed by atoms with Gasteiger partial charge in [0.15, 0.2) is 0 Å². The highest BCUT2D eigenvalue weighted by molar-refractivity contribution is 5.94. The molecule has 0 saturated carbocycles. The van der Waals surface area contributed by atoms with E-state index in [0.29, 0.717) is 17.4 Å². The van der Waals surface area contributed by atoms with Crippen molar-refractivity contribution in [3.05, 3.63) is 72.1 Å². The molecule has 1 amide bonds. The van der Waals surface area contributed by atoms with E-state index >= 15 is 0 Å². The molecule has 2 heterocycles. The lowest BCUT2D eigenvalue weighted by atomic mass is 9.97. The maximum Gasteiger partial charge on any atom is 0.251 e. The summed E-state index contributed by atoms with van der Waals surface area (Å²) in [5.74, 6) is 0.801. The zero-order valence-corrected chi connectivity index (χ0v) is 16.3. The summed E-state index contributed by atoms with van der Waals surface area (Å²) in [6, 6.07) is 14.7. The van der Waals surface area contributed by atoms with Crippen molar-refractivity contribution in [3.8, 4) is 17.1 Å². The summed E-state index contributed by atoms with van der Waals surface area (Å²) in [6.07, 6.45) is 4.38. The van der Waals surface area contributed by atoms with Gasteiger partial charge in [-0.25, -0.2) is 0 Å². The molecule has 0 aliphatic carbocycles. The first-order chi connectivity index (χ1) is 13.6. The molecule has 28 heavy (non-hydrogen) atoms. The Kier molecular flexibility index (Phi) is 6.32. The number of hydrogen-bond acceptors (Lipinski definition) is 5. The van der Waals surface area contributed by atoms with Crippen LogP contribution in [0.5, 0.6) is 5.88 Å².